The van der Waals surface area contributed by atoms with Crippen LogP contribution in [0, 0.1) is 12.8 Å². The number of nitrogens with one attached hydrogen (secondary N) is 2. The van der Waals surface area contributed by atoms with Gasteiger partial charge >= 0.3 is 6.03 Å². The Kier molecular flexibility index (Phi) is 6.87. The molecular formula is C21H30N6O2. The molecule has 0 bridgehead atoms. The summed E-state index contributed by atoms with van der Waals surface area (Å²) in [5.41, 5.74) is 1.66. The molecular weight excluding hydrogens is 368 g/mol. The Balaban J connectivity index is 1.75. The molecule has 1 fully saturated rings. The Hall–Kier alpha value is -2.87. The minimum absolute atomic E-state index is 0.203. The van der Waals surface area contributed by atoms with Gasteiger partial charge in [-0.25, -0.2) is 14.8 Å². The van der Waals surface area contributed by atoms with E-state index in [9.17, 15) is 4.79 Å². The fourth-order valence-electron chi connectivity index (χ4n) is 3.06. The number of hydrogen-bond acceptors (Lipinski definition) is 6. The van der Waals surface area contributed by atoms with Crippen molar-refractivity contribution < 1.29 is 9.53 Å². The standard InChI is InChI=1S/C21H30N6O2/c1-15(2)14-22-21(28)25-17-6-5-7-18(12-17)26(4)19-13-20(24-16(3)23-19)27-8-10-29-11-9-27/h5-7,12-13,15H,8-11,14H2,1-4H3,(H2,22,25,28). The lowest BCUT2D eigenvalue weighted by Crippen LogP contribution is -2.37. The number of ether oxygens (including phenoxy) is 1. The van der Waals surface area contributed by atoms with Gasteiger partial charge < -0.3 is 25.2 Å². The SMILES string of the molecule is Cc1nc(N2CCOCC2)cc(N(C)c2cccc(NC(=O)NCC(C)C)c2)n1. The van der Waals surface area contributed by atoms with Crippen molar-refractivity contribution in [3.05, 3.63) is 36.2 Å². The molecule has 8 heteroatoms. The van der Waals surface area contributed by atoms with Crippen LogP contribution in [-0.2, 0) is 4.74 Å². The van der Waals surface area contributed by atoms with Gasteiger partial charge in [0.1, 0.15) is 17.5 Å². The third-order valence-electron chi connectivity index (χ3n) is 4.65. The zero-order valence-electron chi connectivity index (χ0n) is 17.6. The van der Waals surface area contributed by atoms with Crippen molar-refractivity contribution in [1.29, 1.82) is 0 Å². The van der Waals surface area contributed by atoms with Crippen molar-refractivity contribution in [2.75, 3.05) is 55.0 Å². The second kappa shape index (κ2) is 9.56. The Morgan fingerprint density at radius 1 is 1.24 bits per heavy atom. The first-order valence-corrected chi connectivity index (χ1v) is 9.99. The average molecular weight is 399 g/mol. The second-order valence-corrected chi connectivity index (χ2v) is 7.57. The molecule has 0 atom stereocenters. The third kappa shape index (κ3) is 5.80. The highest BCUT2D eigenvalue weighted by atomic mass is 16.5. The van der Waals surface area contributed by atoms with Gasteiger partial charge in [-0.15, -0.1) is 0 Å². The number of benzene rings is 1. The van der Waals surface area contributed by atoms with E-state index in [1.54, 1.807) is 0 Å². The summed E-state index contributed by atoms with van der Waals surface area (Å²) in [7, 11) is 1.96. The summed E-state index contributed by atoms with van der Waals surface area (Å²) in [6, 6.07) is 9.50. The molecule has 1 saturated heterocycles. The summed E-state index contributed by atoms with van der Waals surface area (Å²) >= 11 is 0. The molecule has 1 aromatic carbocycles. The first kappa shape index (κ1) is 20.9. The van der Waals surface area contributed by atoms with Crippen LogP contribution in [0.1, 0.15) is 19.7 Å². The smallest absolute Gasteiger partial charge is 0.319 e. The molecule has 2 aromatic rings. The molecule has 2 heterocycles. The number of amides is 2. The van der Waals surface area contributed by atoms with Gasteiger partial charge in [0.25, 0.3) is 0 Å². The monoisotopic (exact) mass is 398 g/mol. The van der Waals surface area contributed by atoms with Gasteiger partial charge in [0, 0.05) is 44.1 Å². The van der Waals surface area contributed by atoms with E-state index in [-0.39, 0.29) is 6.03 Å². The van der Waals surface area contributed by atoms with Crippen LogP contribution in [-0.4, -0.2) is 55.9 Å². The molecule has 0 aliphatic carbocycles. The number of aryl methyl sites for hydroxylation is 1. The molecule has 1 aromatic heterocycles. The molecule has 1 aliphatic heterocycles. The maximum absolute atomic E-state index is 12.1. The van der Waals surface area contributed by atoms with Crippen LogP contribution < -0.4 is 20.4 Å². The molecule has 29 heavy (non-hydrogen) atoms. The van der Waals surface area contributed by atoms with Crippen molar-refractivity contribution in [2.45, 2.75) is 20.8 Å². The third-order valence-corrected chi connectivity index (χ3v) is 4.65. The van der Waals surface area contributed by atoms with Crippen molar-refractivity contribution in [1.82, 2.24) is 15.3 Å². The summed E-state index contributed by atoms with van der Waals surface area (Å²) in [6.45, 7) is 9.72. The largest absolute Gasteiger partial charge is 0.378 e. The van der Waals surface area contributed by atoms with E-state index in [2.05, 4.69) is 39.3 Å². The number of carbonyl (C=O) groups is 1. The topological polar surface area (TPSA) is 82.6 Å². The molecule has 2 amide bonds. The summed E-state index contributed by atoms with van der Waals surface area (Å²) in [5, 5.41) is 5.75. The van der Waals surface area contributed by atoms with Crippen LogP contribution in [0.3, 0.4) is 0 Å². The van der Waals surface area contributed by atoms with Gasteiger partial charge in [-0.05, 0) is 31.0 Å². The van der Waals surface area contributed by atoms with E-state index in [0.717, 1.165) is 41.9 Å². The first-order chi connectivity index (χ1) is 13.9. The van der Waals surface area contributed by atoms with E-state index in [1.165, 1.54) is 0 Å². The summed E-state index contributed by atoms with van der Waals surface area (Å²) < 4.78 is 5.44. The predicted molar refractivity (Wildman–Crippen MR) is 116 cm³/mol. The highest BCUT2D eigenvalue weighted by Gasteiger charge is 2.16. The number of anilines is 4. The zero-order valence-corrected chi connectivity index (χ0v) is 17.6. The quantitative estimate of drug-likeness (QED) is 0.778. The number of hydrogen-bond donors (Lipinski definition) is 2. The molecule has 156 valence electrons. The Labute approximate surface area is 172 Å². The predicted octanol–water partition coefficient (Wildman–Crippen LogP) is 3.17. The van der Waals surface area contributed by atoms with Crippen molar-refractivity contribution >= 4 is 29.0 Å². The normalized spacial score (nSPS) is 14.0. The summed E-state index contributed by atoms with van der Waals surface area (Å²) in [4.78, 5) is 25.5. The number of morpholine rings is 1. The lowest BCUT2D eigenvalue weighted by Gasteiger charge is -2.29. The lowest BCUT2D eigenvalue weighted by molar-refractivity contribution is 0.122. The van der Waals surface area contributed by atoms with Crippen LogP contribution in [0.5, 0.6) is 0 Å². The highest BCUT2D eigenvalue weighted by molar-refractivity contribution is 5.90. The van der Waals surface area contributed by atoms with Crippen molar-refractivity contribution in [3.8, 4) is 0 Å². The molecule has 2 N–H and O–H groups in total. The Morgan fingerprint density at radius 3 is 2.72 bits per heavy atom. The number of urea groups is 1. The zero-order chi connectivity index (χ0) is 20.8. The fraction of sp³-hybridized carbons (Fsp3) is 0.476. The summed E-state index contributed by atoms with van der Waals surface area (Å²) in [6.07, 6.45) is 0. The highest BCUT2D eigenvalue weighted by Crippen LogP contribution is 2.27. The lowest BCUT2D eigenvalue weighted by atomic mass is 10.2. The number of nitrogens with zero attached hydrogens (tertiary/aromatic N) is 4. The molecule has 1 aliphatic rings. The molecule has 0 radical (unpaired) electrons. The van der Waals surface area contributed by atoms with Gasteiger partial charge in [0.2, 0.25) is 0 Å². The average Bonchev–Trinajstić information content (AvgIpc) is 2.72. The number of aromatic nitrogens is 2. The maximum atomic E-state index is 12.1. The number of carbonyl (C=O) groups excluding carboxylic acids is 1. The van der Waals surface area contributed by atoms with E-state index in [1.807, 2.05) is 49.2 Å². The van der Waals surface area contributed by atoms with Gasteiger partial charge in [0.15, 0.2) is 0 Å². The van der Waals surface area contributed by atoms with E-state index >= 15 is 0 Å². The van der Waals surface area contributed by atoms with Crippen molar-refractivity contribution in [2.24, 2.45) is 5.92 Å². The fourth-order valence-corrected chi connectivity index (χ4v) is 3.06. The van der Waals surface area contributed by atoms with E-state index in [0.29, 0.717) is 25.7 Å². The Bertz CT molecular complexity index is 836. The van der Waals surface area contributed by atoms with Crippen LogP contribution >= 0.6 is 0 Å². The van der Waals surface area contributed by atoms with Gasteiger partial charge in [-0.3, -0.25) is 0 Å². The summed E-state index contributed by atoms with van der Waals surface area (Å²) in [5.74, 6) is 2.84. The van der Waals surface area contributed by atoms with Gasteiger partial charge in [-0.1, -0.05) is 19.9 Å². The molecule has 0 spiro atoms. The van der Waals surface area contributed by atoms with Gasteiger partial charge in [0.05, 0.1) is 13.2 Å². The van der Waals surface area contributed by atoms with E-state index in [4.69, 9.17) is 4.74 Å². The van der Waals surface area contributed by atoms with E-state index < -0.39 is 0 Å². The molecule has 8 nitrogen and oxygen atoms in total. The van der Waals surface area contributed by atoms with Crippen LogP contribution in [0.15, 0.2) is 30.3 Å². The van der Waals surface area contributed by atoms with Gasteiger partial charge in [-0.2, -0.15) is 0 Å². The minimum Gasteiger partial charge on any atom is -0.378 e. The van der Waals surface area contributed by atoms with Crippen LogP contribution in [0.2, 0.25) is 0 Å². The molecule has 3 rings (SSSR count). The molecule has 0 unspecified atom stereocenters. The van der Waals surface area contributed by atoms with Crippen LogP contribution in [0.4, 0.5) is 27.8 Å². The number of rotatable bonds is 6. The Morgan fingerprint density at radius 2 is 2.00 bits per heavy atom. The first-order valence-electron chi connectivity index (χ1n) is 9.99. The van der Waals surface area contributed by atoms with Crippen LogP contribution in [0.25, 0.3) is 0 Å². The minimum atomic E-state index is -0.203. The maximum Gasteiger partial charge on any atom is 0.319 e. The molecule has 0 saturated carbocycles. The van der Waals surface area contributed by atoms with Crippen molar-refractivity contribution in [3.63, 3.8) is 0 Å². The second-order valence-electron chi connectivity index (χ2n) is 7.57.